The van der Waals surface area contributed by atoms with Crippen LogP contribution in [-0.4, -0.2) is 83.3 Å². The Bertz CT molecular complexity index is 732. The minimum absolute atomic E-state index is 0.0253. The second kappa shape index (κ2) is 10.6. The summed E-state index contributed by atoms with van der Waals surface area (Å²) in [5, 5.41) is 3.07. The van der Waals surface area contributed by atoms with Crippen LogP contribution in [0.1, 0.15) is 37.7 Å². The van der Waals surface area contributed by atoms with Gasteiger partial charge in [0.05, 0.1) is 12.6 Å². The second-order valence-electron chi connectivity index (χ2n) is 8.65. The van der Waals surface area contributed by atoms with Gasteiger partial charge in [-0.3, -0.25) is 19.4 Å². The number of thioether (sulfide) groups is 1. The molecule has 0 aromatic heterocycles. The van der Waals surface area contributed by atoms with Crippen molar-refractivity contribution in [1.82, 2.24) is 14.7 Å². The Balaban J connectivity index is 1.32. The molecule has 0 radical (unpaired) electrons. The van der Waals surface area contributed by atoms with E-state index in [1.165, 1.54) is 17.1 Å². The molecule has 2 amide bonds. The van der Waals surface area contributed by atoms with Gasteiger partial charge in [0.15, 0.2) is 0 Å². The summed E-state index contributed by atoms with van der Waals surface area (Å²) >= 11 is 2.02. The first kappa shape index (κ1) is 21.7. The van der Waals surface area contributed by atoms with E-state index < -0.39 is 0 Å². The minimum atomic E-state index is -0.133. The van der Waals surface area contributed by atoms with Crippen LogP contribution >= 0.6 is 11.8 Å². The highest BCUT2D eigenvalue weighted by Gasteiger charge is 2.33. The van der Waals surface area contributed by atoms with Gasteiger partial charge in [0.1, 0.15) is 0 Å². The molecule has 1 N–H and O–H groups in total. The van der Waals surface area contributed by atoms with Gasteiger partial charge in [0.25, 0.3) is 0 Å². The number of piperidine rings is 1. The molecular formula is C23H34N4O2S. The molecule has 164 valence electrons. The number of anilines is 1. The van der Waals surface area contributed by atoms with Crippen molar-refractivity contribution in [2.75, 3.05) is 56.1 Å². The lowest BCUT2D eigenvalue weighted by Gasteiger charge is -2.36. The summed E-state index contributed by atoms with van der Waals surface area (Å²) in [6, 6.07) is 8.06. The second-order valence-corrected chi connectivity index (χ2v) is 9.88. The molecule has 6 nitrogen and oxygen atoms in total. The zero-order chi connectivity index (χ0) is 20.8. The lowest BCUT2D eigenvalue weighted by Crippen LogP contribution is -2.52. The number of hydrogen-bond acceptors (Lipinski definition) is 5. The monoisotopic (exact) mass is 430 g/mol. The molecule has 1 aromatic carbocycles. The van der Waals surface area contributed by atoms with E-state index in [2.05, 4.69) is 27.2 Å². The fourth-order valence-electron chi connectivity index (χ4n) is 4.76. The van der Waals surface area contributed by atoms with Crippen molar-refractivity contribution >= 4 is 29.3 Å². The summed E-state index contributed by atoms with van der Waals surface area (Å²) in [4.78, 5) is 32.3. The van der Waals surface area contributed by atoms with E-state index in [0.717, 1.165) is 77.1 Å². The number of carbonyl (C=O) groups is 2. The van der Waals surface area contributed by atoms with Crippen molar-refractivity contribution in [2.45, 2.75) is 44.7 Å². The van der Waals surface area contributed by atoms with Crippen LogP contribution in [0.5, 0.6) is 0 Å². The molecule has 3 aliphatic rings. The number of hydrogen-bond donors (Lipinski definition) is 1. The van der Waals surface area contributed by atoms with Crippen LogP contribution in [0, 0.1) is 0 Å². The van der Waals surface area contributed by atoms with Gasteiger partial charge in [-0.15, -0.1) is 0 Å². The predicted molar refractivity (Wildman–Crippen MR) is 123 cm³/mol. The highest BCUT2D eigenvalue weighted by Crippen LogP contribution is 2.22. The van der Waals surface area contributed by atoms with Crippen molar-refractivity contribution in [3.63, 3.8) is 0 Å². The summed E-state index contributed by atoms with van der Waals surface area (Å²) in [5.41, 5.74) is 2.09. The van der Waals surface area contributed by atoms with Crippen molar-refractivity contribution in [1.29, 1.82) is 0 Å². The molecule has 30 heavy (non-hydrogen) atoms. The number of nitrogens with one attached hydrogen (secondary N) is 1. The molecule has 1 atom stereocenters. The fraction of sp³-hybridized carbons (Fsp3) is 0.652. The smallest absolute Gasteiger partial charge is 0.239 e. The van der Waals surface area contributed by atoms with E-state index in [4.69, 9.17) is 0 Å². The fourth-order valence-corrected chi connectivity index (χ4v) is 5.74. The number of nitrogens with zero attached hydrogens (tertiary/aromatic N) is 3. The Morgan fingerprint density at radius 2 is 1.77 bits per heavy atom. The van der Waals surface area contributed by atoms with Crippen molar-refractivity contribution in [3.8, 4) is 0 Å². The van der Waals surface area contributed by atoms with Crippen LogP contribution < -0.4 is 5.32 Å². The third kappa shape index (κ3) is 5.77. The summed E-state index contributed by atoms with van der Waals surface area (Å²) in [6.07, 6.45) is 5.20. The van der Waals surface area contributed by atoms with E-state index in [1.54, 1.807) is 0 Å². The first-order valence-electron chi connectivity index (χ1n) is 11.4. The molecule has 0 saturated carbocycles. The van der Waals surface area contributed by atoms with Gasteiger partial charge in [0, 0.05) is 49.9 Å². The third-order valence-electron chi connectivity index (χ3n) is 6.38. The summed E-state index contributed by atoms with van der Waals surface area (Å²) < 4.78 is 0. The van der Waals surface area contributed by atoms with Gasteiger partial charge in [-0.05, 0) is 49.9 Å². The zero-order valence-electron chi connectivity index (χ0n) is 17.9. The van der Waals surface area contributed by atoms with Crippen LogP contribution in [-0.2, 0) is 16.1 Å². The number of amides is 2. The average molecular weight is 431 g/mol. The standard InChI is InChI=1S/C23H34N4O2S/c28-22(18-27-11-2-1-8-21(27)23(29)26-9-3-4-10-26)24-20-7-5-6-19(16-20)17-25-12-14-30-15-13-25/h5-7,16,21H,1-4,8-15,17-18H2,(H,24,28). The molecule has 1 unspecified atom stereocenters. The molecule has 3 aliphatic heterocycles. The average Bonchev–Trinajstić information content (AvgIpc) is 3.29. The number of rotatable bonds is 6. The van der Waals surface area contributed by atoms with Crippen LogP contribution in [0.15, 0.2) is 24.3 Å². The molecule has 0 spiro atoms. The summed E-state index contributed by atoms with van der Waals surface area (Å²) in [5.74, 6) is 2.59. The van der Waals surface area contributed by atoms with Crippen LogP contribution in [0.3, 0.4) is 0 Å². The molecule has 3 saturated heterocycles. The van der Waals surface area contributed by atoms with Crippen LogP contribution in [0.2, 0.25) is 0 Å². The largest absolute Gasteiger partial charge is 0.341 e. The molecule has 4 rings (SSSR count). The summed E-state index contributed by atoms with van der Waals surface area (Å²) in [7, 11) is 0. The van der Waals surface area contributed by atoms with Crippen molar-refractivity contribution < 1.29 is 9.59 Å². The maximum Gasteiger partial charge on any atom is 0.239 e. The number of carbonyl (C=O) groups excluding carboxylic acids is 2. The molecule has 0 bridgehead atoms. The highest BCUT2D eigenvalue weighted by atomic mass is 32.2. The highest BCUT2D eigenvalue weighted by molar-refractivity contribution is 7.99. The van der Waals surface area contributed by atoms with Gasteiger partial charge < -0.3 is 10.2 Å². The van der Waals surface area contributed by atoms with Gasteiger partial charge >= 0.3 is 0 Å². The van der Waals surface area contributed by atoms with E-state index in [1.807, 2.05) is 28.8 Å². The predicted octanol–water partition coefficient (Wildman–Crippen LogP) is 2.65. The molecular weight excluding hydrogens is 396 g/mol. The lowest BCUT2D eigenvalue weighted by atomic mass is 10.0. The Kier molecular flexibility index (Phi) is 7.68. The van der Waals surface area contributed by atoms with Gasteiger partial charge in [-0.25, -0.2) is 0 Å². The SMILES string of the molecule is O=C(CN1CCCCC1C(=O)N1CCCC1)Nc1cccc(CN2CCSCC2)c1. The normalized spacial score (nSPS) is 23.5. The summed E-state index contributed by atoms with van der Waals surface area (Å²) in [6.45, 7) is 6.05. The maximum absolute atomic E-state index is 12.9. The lowest BCUT2D eigenvalue weighted by molar-refractivity contribution is -0.137. The molecule has 3 heterocycles. The Labute approximate surface area is 184 Å². The quantitative estimate of drug-likeness (QED) is 0.752. The molecule has 1 aromatic rings. The molecule has 3 fully saturated rings. The Morgan fingerprint density at radius 1 is 1.00 bits per heavy atom. The minimum Gasteiger partial charge on any atom is -0.341 e. The Morgan fingerprint density at radius 3 is 2.57 bits per heavy atom. The van der Waals surface area contributed by atoms with E-state index in [9.17, 15) is 9.59 Å². The first-order chi connectivity index (χ1) is 14.7. The first-order valence-corrected chi connectivity index (χ1v) is 12.6. The van der Waals surface area contributed by atoms with E-state index in [0.29, 0.717) is 0 Å². The number of likely N-dealkylation sites (tertiary alicyclic amines) is 2. The zero-order valence-corrected chi connectivity index (χ0v) is 18.7. The maximum atomic E-state index is 12.9. The van der Waals surface area contributed by atoms with Gasteiger partial charge in [0.2, 0.25) is 11.8 Å². The van der Waals surface area contributed by atoms with Crippen molar-refractivity contribution in [2.24, 2.45) is 0 Å². The van der Waals surface area contributed by atoms with Gasteiger partial charge in [-0.1, -0.05) is 18.6 Å². The van der Waals surface area contributed by atoms with E-state index in [-0.39, 0.29) is 24.4 Å². The Hall–Kier alpha value is -1.57. The number of benzene rings is 1. The van der Waals surface area contributed by atoms with Crippen molar-refractivity contribution in [3.05, 3.63) is 29.8 Å². The van der Waals surface area contributed by atoms with Crippen LogP contribution in [0.25, 0.3) is 0 Å². The van der Waals surface area contributed by atoms with Gasteiger partial charge in [-0.2, -0.15) is 11.8 Å². The third-order valence-corrected chi connectivity index (χ3v) is 7.33. The van der Waals surface area contributed by atoms with Crippen LogP contribution in [0.4, 0.5) is 5.69 Å². The molecule has 7 heteroatoms. The topological polar surface area (TPSA) is 55.9 Å². The van der Waals surface area contributed by atoms with E-state index >= 15 is 0 Å². The molecule has 0 aliphatic carbocycles.